The second-order valence-corrected chi connectivity index (χ2v) is 8.00. The number of nitrogens with one attached hydrogen (secondary N) is 1. The van der Waals surface area contributed by atoms with Crippen LogP contribution in [0.2, 0.25) is 0 Å². The molecule has 0 bridgehead atoms. The van der Waals surface area contributed by atoms with Gasteiger partial charge in [0.05, 0.1) is 14.2 Å². The van der Waals surface area contributed by atoms with Crippen LogP contribution in [-0.4, -0.2) is 51.3 Å². The first-order chi connectivity index (χ1) is 15.2. The summed E-state index contributed by atoms with van der Waals surface area (Å²) >= 11 is 1.51. The Kier molecular flexibility index (Phi) is 6.57. The predicted molar refractivity (Wildman–Crippen MR) is 124 cm³/mol. The van der Waals surface area contributed by atoms with Crippen LogP contribution >= 0.6 is 11.3 Å². The van der Waals surface area contributed by atoms with Gasteiger partial charge in [0.25, 0.3) is 5.91 Å². The summed E-state index contributed by atoms with van der Waals surface area (Å²) in [5.74, 6) is 1.07. The standard InChI is InChI=1S/C23H26N4O3S/c1-29-20-10-6-7-17(21(20)30-2)15-24-22(28)19-16-31-23(25-19)27-13-11-26(12-14-27)18-8-4-3-5-9-18/h3-10,16H,11-15H2,1-2H3,(H,24,28). The largest absolute Gasteiger partial charge is 0.493 e. The SMILES string of the molecule is COc1cccc(CNC(=O)c2csc(N3CCN(c4ccccc4)CC3)n2)c1OC. The fourth-order valence-electron chi connectivity index (χ4n) is 3.67. The molecule has 2 heterocycles. The van der Waals surface area contributed by atoms with E-state index in [1.54, 1.807) is 14.2 Å². The fourth-order valence-corrected chi connectivity index (χ4v) is 4.53. The number of aromatic nitrogens is 1. The molecule has 0 unspecified atom stereocenters. The molecule has 1 aliphatic rings. The van der Waals surface area contributed by atoms with Crippen molar-refractivity contribution >= 4 is 28.1 Å². The van der Waals surface area contributed by atoms with Gasteiger partial charge in [-0.2, -0.15) is 0 Å². The quantitative estimate of drug-likeness (QED) is 0.610. The first-order valence-electron chi connectivity index (χ1n) is 10.2. The monoisotopic (exact) mass is 438 g/mol. The van der Waals surface area contributed by atoms with Crippen LogP contribution in [0.3, 0.4) is 0 Å². The van der Waals surface area contributed by atoms with Crippen LogP contribution in [0.15, 0.2) is 53.9 Å². The van der Waals surface area contributed by atoms with E-state index in [0.717, 1.165) is 36.9 Å². The van der Waals surface area contributed by atoms with E-state index in [4.69, 9.17) is 9.47 Å². The molecule has 0 aliphatic carbocycles. The highest BCUT2D eigenvalue weighted by Gasteiger charge is 2.21. The Balaban J connectivity index is 1.34. The summed E-state index contributed by atoms with van der Waals surface area (Å²) in [6, 6.07) is 16.0. The summed E-state index contributed by atoms with van der Waals surface area (Å²) in [4.78, 5) is 21.8. The second-order valence-electron chi connectivity index (χ2n) is 7.16. The van der Waals surface area contributed by atoms with Gasteiger partial charge in [0.2, 0.25) is 0 Å². The van der Waals surface area contributed by atoms with E-state index in [1.807, 2.05) is 29.6 Å². The highest BCUT2D eigenvalue weighted by Crippen LogP contribution is 2.30. The van der Waals surface area contributed by atoms with E-state index in [2.05, 4.69) is 44.4 Å². The summed E-state index contributed by atoms with van der Waals surface area (Å²) < 4.78 is 10.7. The number of para-hydroxylation sites is 2. The molecule has 1 N–H and O–H groups in total. The number of carbonyl (C=O) groups excluding carboxylic acids is 1. The fraction of sp³-hybridized carbons (Fsp3) is 0.304. The molecule has 0 saturated carbocycles. The Morgan fingerprint density at radius 2 is 1.74 bits per heavy atom. The maximum absolute atomic E-state index is 12.6. The van der Waals surface area contributed by atoms with Crippen LogP contribution in [0.1, 0.15) is 16.1 Å². The molecule has 8 heteroatoms. The normalized spacial score (nSPS) is 13.7. The van der Waals surface area contributed by atoms with Gasteiger partial charge in [-0.1, -0.05) is 30.3 Å². The Morgan fingerprint density at radius 1 is 1.00 bits per heavy atom. The van der Waals surface area contributed by atoms with Crippen LogP contribution in [0.4, 0.5) is 10.8 Å². The van der Waals surface area contributed by atoms with Crippen molar-refractivity contribution in [1.82, 2.24) is 10.3 Å². The minimum Gasteiger partial charge on any atom is -0.493 e. The van der Waals surface area contributed by atoms with E-state index >= 15 is 0 Å². The predicted octanol–water partition coefficient (Wildman–Crippen LogP) is 3.42. The van der Waals surface area contributed by atoms with Crippen molar-refractivity contribution in [3.8, 4) is 11.5 Å². The van der Waals surface area contributed by atoms with Gasteiger partial charge in [-0.15, -0.1) is 11.3 Å². The molecule has 31 heavy (non-hydrogen) atoms. The number of nitrogens with zero attached hydrogens (tertiary/aromatic N) is 3. The van der Waals surface area contributed by atoms with Gasteiger partial charge in [0.1, 0.15) is 5.69 Å². The lowest BCUT2D eigenvalue weighted by atomic mass is 10.2. The summed E-state index contributed by atoms with van der Waals surface area (Å²) in [7, 11) is 3.18. The van der Waals surface area contributed by atoms with Gasteiger partial charge in [0, 0.05) is 49.4 Å². The molecule has 7 nitrogen and oxygen atoms in total. The number of thiazole rings is 1. The van der Waals surface area contributed by atoms with Gasteiger partial charge < -0.3 is 24.6 Å². The van der Waals surface area contributed by atoms with Crippen molar-refractivity contribution in [2.75, 3.05) is 50.2 Å². The van der Waals surface area contributed by atoms with Gasteiger partial charge in [0.15, 0.2) is 16.6 Å². The smallest absolute Gasteiger partial charge is 0.271 e. The molecule has 1 saturated heterocycles. The Labute approximate surface area is 186 Å². The third-order valence-electron chi connectivity index (χ3n) is 5.32. The first kappa shape index (κ1) is 21.0. The number of hydrogen-bond acceptors (Lipinski definition) is 7. The van der Waals surface area contributed by atoms with Gasteiger partial charge in [-0.25, -0.2) is 4.98 Å². The second kappa shape index (κ2) is 9.70. The number of rotatable bonds is 7. The summed E-state index contributed by atoms with van der Waals surface area (Å²) in [5.41, 5.74) is 2.53. The lowest BCUT2D eigenvalue weighted by Gasteiger charge is -2.35. The lowest BCUT2D eigenvalue weighted by molar-refractivity contribution is 0.0946. The third kappa shape index (κ3) is 4.74. The summed E-state index contributed by atoms with van der Waals surface area (Å²) in [6.45, 7) is 3.96. The molecule has 162 valence electrons. The molecule has 1 fully saturated rings. The highest BCUT2D eigenvalue weighted by molar-refractivity contribution is 7.13. The van der Waals surface area contributed by atoms with Gasteiger partial charge >= 0.3 is 0 Å². The van der Waals surface area contributed by atoms with E-state index in [0.29, 0.717) is 23.7 Å². The summed E-state index contributed by atoms with van der Waals surface area (Å²) in [6.07, 6.45) is 0. The Bertz CT molecular complexity index is 1020. The number of anilines is 2. The number of hydrogen-bond donors (Lipinski definition) is 1. The van der Waals surface area contributed by atoms with Crippen LogP contribution in [0, 0.1) is 0 Å². The van der Waals surface area contributed by atoms with Crippen LogP contribution in [-0.2, 0) is 6.54 Å². The molecule has 3 aromatic rings. The molecule has 0 spiro atoms. The zero-order valence-electron chi connectivity index (χ0n) is 17.7. The van der Waals surface area contributed by atoms with Crippen molar-refractivity contribution in [1.29, 1.82) is 0 Å². The number of amides is 1. The highest BCUT2D eigenvalue weighted by atomic mass is 32.1. The van der Waals surface area contributed by atoms with Crippen molar-refractivity contribution < 1.29 is 14.3 Å². The zero-order chi connectivity index (χ0) is 21.6. The van der Waals surface area contributed by atoms with Crippen molar-refractivity contribution in [2.45, 2.75) is 6.54 Å². The van der Waals surface area contributed by atoms with E-state index in [9.17, 15) is 4.79 Å². The summed E-state index contributed by atoms with van der Waals surface area (Å²) in [5, 5.41) is 5.63. The van der Waals surface area contributed by atoms with Crippen molar-refractivity contribution in [3.63, 3.8) is 0 Å². The Hall–Kier alpha value is -3.26. The van der Waals surface area contributed by atoms with Crippen molar-refractivity contribution in [3.05, 3.63) is 65.2 Å². The molecule has 1 amide bonds. The van der Waals surface area contributed by atoms with Crippen LogP contribution < -0.4 is 24.6 Å². The van der Waals surface area contributed by atoms with Crippen LogP contribution in [0.5, 0.6) is 11.5 Å². The van der Waals surface area contributed by atoms with Gasteiger partial charge in [-0.3, -0.25) is 4.79 Å². The molecule has 0 atom stereocenters. The minimum absolute atomic E-state index is 0.199. The zero-order valence-corrected chi connectivity index (χ0v) is 18.5. The first-order valence-corrected chi connectivity index (χ1v) is 11.1. The van der Waals surface area contributed by atoms with Crippen LogP contribution in [0.25, 0.3) is 0 Å². The molecule has 1 aromatic heterocycles. The average Bonchev–Trinajstić information content (AvgIpc) is 3.33. The molecule has 0 radical (unpaired) electrons. The topological polar surface area (TPSA) is 66.9 Å². The number of methoxy groups -OCH3 is 2. The van der Waals surface area contributed by atoms with E-state index < -0.39 is 0 Å². The van der Waals surface area contributed by atoms with Gasteiger partial charge in [-0.05, 0) is 18.2 Å². The molecular weight excluding hydrogens is 412 g/mol. The maximum Gasteiger partial charge on any atom is 0.271 e. The van der Waals surface area contributed by atoms with E-state index in [-0.39, 0.29) is 5.91 Å². The van der Waals surface area contributed by atoms with E-state index in [1.165, 1.54) is 17.0 Å². The molecular formula is C23H26N4O3S. The third-order valence-corrected chi connectivity index (χ3v) is 6.22. The minimum atomic E-state index is -0.199. The molecule has 4 rings (SSSR count). The Morgan fingerprint density at radius 3 is 2.45 bits per heavy atom. The molecule has 1 aliphatic heterocycles. The lowest BCUT2D eigenvalue weighted by Crippen LogP contribution is -2.46. The maximum atomic E-state index is 12.6. The van der Waals surface area contributed by atoms with Crippen molar-refractivity contribution in [2.24, 2.45) is 0 Å². The number of ether oxygens (including phenoxy) is 2. The molecule has 2 aromatic carbocycles. The number of carbonyl (C=O) groups is 1. The number of benzene rings is 2. The average molecular weight is 439 g/mol. The number of piperazine rings is 1.